The average Bonchev–Trinajstić information content (AvgIpc) is 2.76. The molecule has 1 aliphatic heterocycles. The lowest BCUT2D eigenvalue weighted by Gasteiger charge is -2.19. The number of carbonyl (C=O) groups is 2. The van der Waals surface area contributed by atoms with Crippen LogP contribution in [0.15, 0.2) is 6.33 Å². The zero-order valence-electron chi connectivity index (χ0n) is 9.89. The maximum Gasteiger partial charge on any atom is 0.217 e. The Kier molecular flexibility index (Phi) is 3.76. The molecule has 1 aromatic heterocycles. The van der Waals surface area contributed by atoms with Gasteiger partial charge in [-0.1, -0.05) is 11.6 Å². The van der Waals surface area contributed by atoms with Crippen molar-refractivity contribution >= 4 is 29.6 Å². The molecule has 2 heterocycles. The molecule has 0 aromatic carbocycles. The lowest BCUT2D eigenvalue weighted by atomic mass is 10.2. The normalized spacial score (nSPS) is 18.8. The number of aromatic nitrogens is 2. The molecule has 0 bridgehead atoms. The minimum Gasteiger partial charge on any atom is -0.354 e. The molecule has 96 valence electrons. The molecule has 1 N–H and O–H groups in total. The zero-order valence-corrected chi connectivity index (χ0v) is 10.6. The number of halogens is 1. The quantitative estimate of drug-likeness (QED) is 0.644. The number of rotatable bonds is 3. The van der Waals surface area contributed by atoms with Gasteiger partial charge >= 0.3 is 0 Å². The first kappa shape index (κ1) is 12.8. The van der Waals surface area contributed by atoms with E-state index in [9.17, 15) is 9.59 Å². The Hall–Kier alpha value is -1.69. The van der Waals surface area contributed by atoms with E-state index in [2.05, 4.69) is 15.3 Å². The zero-order chi connectivity index (χ0) is 13.1. The van der Waals surface area contributed by atoms with E-state index in [0.717, 1.165) is 13.0 Å². The maximum absolute atomic E-state index is 11.0. The van der Waals surface area contributed by atoms with Crippen LogP contribution >= 0.6 is 11.6 Å². The van der Waals surface area contributed by atoms with Crippen LogP contribution in [0, 0.1) is 0 Å². The molecule has 1 amide bonds. The van der Waals surface area contributed by atoms with Crippen molar-refractivity contribution in [2.45, 2.75) is 19.4 Å². The fourth-order valence-corrected chi connectivity index (χ4v) is 2.25. The molecule has 0 spiro atoms. The van der Waals surface area contributed by atoms with Crippen molar-refractivity contribution in [3.8, 4) is 0 Å². The lowest BCUT2D eigenvalue weighted by molar-refractivity contribution is -0.119. The number of amides is 1. The summed E-state index contributed by atoms with van der Waals surface area (Å²) in [5.74, 6) is 0.469. The number of nitrogens with one attached hydrogen (secondary N) is 1. The second-order valence-electron chi connectivity index (χ2n) is 4.15. The largest absolute Gasteiger partial charge is 0.354 e. The van der Waals surface area contributed by atoms with Crippen molar-refractivity contribution in [3.63, 3.8) is 0 Å². The minimum atomic E-state index is -0.0572. The standard InChI is InChI=1S/C11H13ClN4O2/c1-7(18)15-8-2-3-16(4-8)11-9(5-17)10(12)13-6-14-11/h5-6,8H,2-4H2,1H3,(H,15,18). The molecular weight excluding hydrogens is 256 g/mol. The van der Waals surface area contributed by atoms with E-state index in [0.29, 0.717) is 24.2 Å². The molecule has 1 unspecified atom stereocenters. The molecule has 2 rings (SSSR count). The molecule has 18 heavy (non-hydrogen) atoms. The van der Waals surface area contributed by atoms with Gasteiger partial charge in [0.1, 0.15) is 17.3 Å². The summed E-state index contributed by atoms with van der Waals surface area (Å²) in [4.78, 5) is 31.8. The van der Waals surface area contributed by atoms with Gasteiger partial charge in [-0.2, -0.15) is 0 Å². The van der Waals surface area contributed by atoms with Crippen molar-refractivity contribution in [3.05, 3.63) is 17.0 Å². The molecule has 0 aliphatic carbocycles. The third kappa shape index (κ3) is 2.59. The minimum absolute atomic E-state index is 0.0572. The van der Waals surface area contributed by atoms with Gasteiger partial charge < -0.3 is 10.2 Å². The van der Waals surface area contributed by atoms with Gasteiger partial charge in [-0.25, -0.2) is 9.97 Å². The van der Waals surface area contributed by atoms with Crippen LogP contribution in [0.4, 0.5) is 5.82 Å². The van der Waals surface area contributed by atoms with Crippen LogP contribution in [0.25, 0.3) is 0 Å². The summed E-state index contributed by atoms with van der Waals surface area (Å²) >= 11 is 5.85. The molecule has 1 aromatic rings. The van der Waals surface area contributed by atoms with Crippen LogP contribution in [-0.2, 0) is 4.79 Å². The first-order chi connectivity index (χ1) is 8.61. The highest BCUT2D eigenvalue weighted by molar-refractivity contribution is 6.32. The van der Waals surface area contributed by atoms with E-state index in [-0.39, 0.29) is 17.1 Å². The fraction of sp³-hybridized carbons (Fsp3) is 0.455. The molecule has 0 radical (unpaired) electrons. The highest BCUT2D eigenvalue weighted by atomic mass is 35.5. The average molecular weight is 269 g/mol. The number of carbonyl (C=O) groups excluding carboxylic acids is 2. The summed E-state index contributed by atoms with van der Waals surface area (Å²) in [6.45, 7) is 2.83. The Labute approximate surface area is 109 Å². The van der Waals surface area contributed by atoms with E-state index in [1.54, 1.807) is 0 Å². The van der Waals surface area contributed by atoms with Crippen molar-refractivity contribution in [1.82, 2.24) is 15.3 Å². The van der Waals surface area contributed by atoms with Crippen LogP contribution in [-0.4, -0.2) is 41.3 Å². The van der Waals surface area contributed by atoms with Crippen molar-refractivity contribution in [2.24, 2.45) is 0 Å². The Morgan fingerprint density at radius 3 is 3.06 bits per heavy atom. The molecule has 0 saturated carbocycles. The summed E-state index contributed by atoms with van der Waals surface area (Å²) < 4.78 is 0. The van der Waals surface area contributed by atoms with Crippen LogP contribution in [0.3, 0.4) is 0 Å². The van der Waals surface area contributed by atoms with Crippen LogP contribution in [0.2, 0.25) is 5.15 Å². The predicted molar refractivity (Wildman–Crippen MR) is 66.9 cm³/mol. The van der Waals surface area contributed by atoms with E-state index < -0.39 is 0 Å². The van der Waals surface area contributed by atoms with E-state index in [4.69, 9.17) is 11.6 Å². The Morgan fingerprint density at radius 2 is 2.39 bits per heavy atom. The van der Waals surface area contributed by atoms with E-state index in [1.807, 2.05) is 4.90 Å². The Balaban J connectivity index is 2.16. The van der Waals surface area contributed by atoms with Gasteiger partial charge in [0.15, 0.2) is 6.29 Å². The SMILES string of the molecule is CC(=O)NC1CCN(c2ncnc(Cl)c2C=O)C1. The van der Waals surface area contributed by atoms with Crippen LogP contribution in [0.5, 0.6) is 0 Å². The summed E-state index contributed by atoms with van der Waals surface area (Å²) in [6, 6.07) is 0.0794. The molecule has 1 saturated heterocycles. The van der Waals surface area contributed by atoms with E-state index in [1.165, 1.54) is 13.3 Å². The smallest absolute Gasteiger partial charge is 0.217 e. The van der Waals surface area contributed by atoms with Gasteiger partial charge in [0.05, 0.1) is 5.56 Å². The van der Waals surface area contributed by atoms with Gasteiger partial charge in [0.25, 0.3) is 0 Å². The first-order valence-corrected chi connectivity index (χ1v) is 5.97. The Morgan fingerprint density at radius 1 is 1.61 bits per heavy atom. The second-order valence-corrected chi connectivity index (χ2v) is 4.51. The molecule has 1 fully saturated rings. The topological polar surface area (TPSA) is 75.2 Å². The van der Waals surface area contributed by atoms with Gasteiger partial charge in [-0.05, 0) is 6.42 Å². The molecule has 6 nitrogen and oxygen atoms in total. The fourth-order valence-electron chi connectivity index (χ4n) is 2.08. The monoisotopic (exact) mass is 268 g/mol. The van der Waals surface area contributed by atoms with Gasteiger partial charge in [-0.15, -0.1) is 0 Å². The Bertz CT molecular complexity index is 480. The van der Waals surface area contributed by atoms with Gasteiger partial charge in [0.2, 0.25) is 5.91 Å². The van der Waals surface area contributed by atoms with Crippen molar-refractivity contribution in [2.75, 3.05) is 18.0 Å². The van der Waals surface area contributed by atoms with Crippen molar-refractivity contribution in [1.29, 1.82) is 0 Å². The number of anilines is 1. The molecular formula is C11H13ClN4O2. The highest BCUT2D eigenvalue weighted by Crippen LogP contribution is 2.24. The summed E-state index contributed by atoms with van der Waals surface area (Å²) in [6.07, 6.45) is 2.80. The van der Waals surface area contributed by atoms with Crippen LogP contribution < -0.4 is 10.2 Å². The number of nitrogens with zero attached hydrogens (tertiary/aromatic N) is 3. The number of hydrogen-bond acceptors (Lipinski definition) is 5. The molecule has 1 aliphatic rings. The predicted octanol–water partition coefficient (Wildman–Crippen LogP) is 0.657. The van der Waals surface area contributed by atoms with Gasteiger partial charge in [-0.3, -0.25) is 9.59 Å². The third-order valence-electron chi connectivity index (χ3n) is 2.83. The number of hydrogen-bond donors (Lipinski definition) is 1. The third-order valence-corrected chi connectivity index (χ3v) is 3.13. The summed E-state index contributed by atoms with van der Waals surface area (Å²) in [7, 11) is 0. The summed E-state index contributed by atoms with van der Waals surface area (Å²) in [5.41, 5.74) is 0.294. The van der Waals surface area contributed by atoms with Crippen molar-refractivity contribution < 1.29 is 9.59 Å². The molecule has 7 heteroatoms. The summed E-state index contributed by atoms with van der Waals surface area (Å²) in [5, 5.41) is 3.00. The highest BCUT2D eigenvalue weighted by Gasteiger charge is 2.26. The maximum atomic E-state index is 11.0. The second kappa shape index (κ2) is 5.30. The van der Waals surface area contributed by atoms with E-state index >= 15 is 0 Å². The lowest BCUT2D eigenvalue weighted by Crippen LogP contribution is -2.35. The first-order valence-electron chi connectivity index (χ1n) is 5.59. The molecule has 1 atom stereocenters. The van der Waals surface area contributed by atoms with Crippen LogP contribution in [0.1, 0.15) is 23.7 Å². The van der Waals surface area contributed by atoms with Gasteiger partial charge in [0, 0.05) is 26.1 Å². The number of aldehydes is 1.